The van der Waals surface area contributed by atoms with Crippen molar-refractivity contribution in [3.8, 4) is 0 Å². The first kappa shape index (κ1) is 19.8. The van der Waals surface area contributed by atoms with E-state index in [4.69, 9.17) is 0 Å². The van der Waals surface area contributed by atoms with Crippen molar-refractivity contribution in [1.29, 1.82) is 0 Å². The van der Waals surface area contributed by atoms with Crippen molar-refractivity contribution in [2.75, 3.05) is 5.32 Å². The molecule has 1 atom stereocenters. The van der Waals surface area contributed by atoms with Gasteiger partial charge >= 0.3 is 0 Å². The maximum absolute atomic E-state index is 12.9. The maximum atomic E-state index is 12.9. The summed E-state index contributed by atoms with van der Waals surface area (Å²) in [5.41, 5.74) is 6.54. The lowest BCUT2D eigenvalue weighted by Crippen LogP contribution is -2.40. The molecule has 3 aromatic carbocycles. The number of hydrogen-bond acceptors (Lipinski definition) is 2. The van der Waals surface area contributed by atoms with Crippen molar-refractivity contribution < 1.29 is 4.79 Å². The van der Waals surface area contributed by atoms with Crippen molar-refractivity contribution in [2.45, 2.75) is 39.8 Å². The molecule has 3 heteroatoms. The van der Waals surface area contributed by atoms with Crippen LogP contribution in [0.1, 0.15) is 40.8 Å². The second-order valence-corrected chi connectivity index (χ2v) is 7.41. The fraction of sp³-hybridized carbons (Fsp3) is 0.240. The van der Waals surface area contributed by atoms with Crippen LogP contribution in [0.4, 0.5) is 5.69 Å². The number of nitrogens with one attached hydrogen (secondary N) is 2. The number of rotatable bonds is 6. The highest BCUT2D eigenvalue weighted by molar-refractivity contribution is 5.96. The molecule has 1 amide bonds. The first-order chi connectivity index (χ1) is 13.5. The second-order valence-electron chi connectivity index (χ2n) is 7.41. The van der Waals surface area contributed by atoms with Gasteiger partial charge in [0.25, 0.3) is 0 Å². The van der Waals surface area contributed by atoms with E-state index in [2.05, 4.69) is 54.0 Å². The van der Waals surface area contributed by atoms with Crippen molar-refractivity contribution in [3.05, 3.63) is 101 Å². The van der Waals surface area contributed by atoms with Crippen LogP contribution >= 0.6 is 0 Å². The molecule has 0 fully saturated rings. The van der Waals surface area contributed by atoms with Gasteiger partial charge in [0.15, 0.2) is 0 Å². The van der Waals surface area contributed by atoms with Gasteiger partial charge in [0.2, 0.25) is 5.91 Å². The number of amides is 1. The minimum absolute atomic E-state index is 0.0353. The van der Waals surface area contributed by atoms with E-state index >= 15 is 0 Å². The van der Waals surface area contributed by atoms with E-state index in [1.807, 2.05) is 57.2 Å². The fourth-order valence-corrected chi connectivity index (χ4v) is 3.61. The van der Waals surface area contributed by atoms with Gasteiger partial charge in [0.05, 0.1) is 12.1 Å². The Kier molecular flexibility index (Phi) is 6.27. The largest absolute Gasteiger partial charge is 0.324 e. The normalized spacial score (nSPS) is 12.0. The lowest BCUT2D eigenvalue weighted by Gasteiger charge is -2.24. The highest BCUT2D eigenvalue weighted by Gasteiger charge is 2.21. The molecule has 0 aromatic heterocycles. The molecule has 144 valence electrons. The van der Waals surface area contributed by atoms with Gasteiger partial charge in [-0.1, -0.05) is 78.4 Å². The first-order valence-electron chi connectivity index (χ1n) is 9.70. The topological polar surface area (TPSA) is 41.1 Å². The minimum Gasteiger partial charge on any atom is -0.324 e. The zero-order valence-electron chi connectivity index (χ0n) is 17.0. The van der Waals surface area contributed by atoms with Crippen molar-refractivity contribution in [1.82, 2.24) is 5.32 Å². The van der Waals surface area contributed by atoms with Crippen molar-refractivity contribution in [3.63, 3.8) is 0 Å². The van der Waals surface area contributed by atoms with E-state index in [0.717, 1.165) is 27.9 Å². The average Bonchev–Trinajstić information content (AvgIpc) is 2.69. The molecule has 0 aliphatic carbocycles. The van der Waals surface area contributed by atoms with Crippen LogP contribution in [0.25, 0.3) is 0 Å². The van der Waals surface area contributed by atoms with Crippen LogP contribution in [0, 0.1) is 20.8 Å². The van der Waals surface area contributed by atoms with E-state index in [-0.39, 0.29) is 18.0 Å². The van der Waals surface area contributed by atoms with Crippen LogP contribution < -0.4 is 10.6 Å². The smallest absolute Gasteiger partial charge is 0.241 e. The third kappa shape index (κ3) is 4.68. The van der Waals surface area contributed by atoms with Gasteiger partial charge in [0.1, 0.15) is 0 Å². The molecule has 3 rings (SSSR count). The number of benzene rings is 3. The predicted molar refractivity (Wildman–Crippen MR) is 117 cm³/mol. The predicted octanol–water partition coefficient (Wildman–Crippen LogP) is 5.32. The number of anilines is 1. The lowest BCUT2D eigenvalue weighted by atomic mass is 9.98. The molecule has 3 aromatic rings. The Bertz CT molecular complexity index is 873. The molecule has 3 nitrogen and oxygen atoms in total. The Labute approximate surface area is 167 Å². The Balaban J connectivity index is 1.80. The number of carbonyl (C=O) groups is 1. The third-order valence-electron chi connectivity index (χ3n) is 5.00. The zero-order chi connectivity index (χ0) is 20.1. The highest BCUT2D eigenvalue weighted by atomic mass is 16.2. The van der Waals surface area contributed by atoms with Gasteiger partial charge in [-0.05, 0) is 49.9 Å². The van der Waals surface area contributed by atoms with Crippen LogP contribution in [0.15, 0.2) is 72.8 Å². The molecule has 0 saturated carbocycles. The summed E-state index contributed by atoms with van der Waals surface area (Å²) in [6.07, 6.45) is 0. The molecular weight excluding hydrogens is 344 g/mol. The minimum atomic E-state index is -0.356. The highest BCUT2D eigenvalue weighted by Crippen LogP contribution is 2.24. The number of aryl methyl sites for hydroxylation is 3. The van der Waals surface area contributed by atoms with Crippen LogP contribution in [0.5, 0.6) is 0 Å². The van der Waals surface area contributed by atoms with Crippen LogP contribution in [0.3, 0.4) is 0 Å². The van der Waals surface area contributed by atoms with Crippen LogP contribution in [-0.2, 0) is 4.79 Å². The quantitative estimate of drug-likeness (QED) is 0.615. The molecule has 28 heavy (non-hydrogen) atoms. The summed E-state index contributed by atoms with van der Waals surface area (Å²) in [4.78, 5) is 12.9. The maximum Gasteiger partial charge on any atom is 0.241 e. The van der Waals surface area contributed by atoms with Gasteiger partial charge in [0, 0.05) is 5.69 Å². The summed E-state index contributed by atoms with van der Waals surface area (Å²) in [6, 6.07) is 24.2. The summed E-state index contributed by atoms with van der Waals surface area (Å²) < 4.78 is 0. The monoisotopic (exact) mass is 372 g/mol. The summed E-state index contributed by atoms with van der Waals surface area (Å²) in [5.74, 6) is -0.0353. The molecule has 0 bridgehead atoms. The van der Waals surface area contributed by atoms with Gasteiger partial charge in [-0.15, -0.1) is 0 Å². The standard InChI is InChI=1S/C25H28N2O/c1-17-15-18(2)23(19(3)16-17)27-25(28)20(4)26-24(21-11-7-5-8-12-21)22-13-9-6-10-14-22/h5-16,20,24,26H,1-4H3,(H,27,28)/t20-/m0/s1. The molecule has 0 heterocycles. The molecular formula is C25H28N2O. The number of carbonyl (C=O) groups excluding carboxylic acids is 1. The van der Waals surface area contributed by atoms with Gasteiger partial charge in [-0.2, -0.15) is 0 Å². The molecule has 0 spiro atoms. The van der Waals surface area contributed by atoms with Gasteiger partial charge in [-0.25, -0.2) is 0 Å². The van der Waals surface area contributed by atoms with Crippen molar-refractivity contribution in [2.24, 2.45) is 0 Å². The van der Waals surface area contributed by atoms with Gasteiger partial charge in [-0.3, -0.25) is 10.1 Å². The average molecular weight is 373 g/mol. The molecule has 0 aliphatic rings. The number of hydrogen-bond donors (Lipinski definition) is 2. The third-order valence-corrected chi connectivity index (χ3v) is 5.00. The SMILES string of the molecule is Cc1cc(C)c(NC(=O)[C@H](C)NC(c2ccccc2)c2ccccc2)c(C)c1. The molecule has 2 N–H and O–H groups in total. The summed E-state index contributed by atoms with van der Waals surface area (Å²) >= 11 is 0. The summed E-state index contributed by atoms with van der Waals surface area (Å²) in [5, 5.41) is 6.62. The molecule has 0 aliphatic heterocycles. The van der Waals surface area contributed by atoms with Crippen LogP contribution in [0.2, 0.25) is 0 Å². The van der Waals surface area contributed by atoms with E-state index < -0.39 is 0 Å². The molecule has 0 unspecified atom stereocenters. The molecule has 0 saturated heterocycles. The first-order valence-corrected chi connectivity index (χ1v) is 9.70. The summed E-state index contributed by atoms with van der Waals surface area (Å²) in [7, 11) is 0. The zero-order valence-corrected chi connectivity index (χ0v) is 17.0. The Morgan fingerprint density at radius 2 is 1.25 bits per heavy atom. The van der Waals surface area contributed by atoms with E-state index in [1.54, 1.807) is 0 Å². The Hall–Kier alpha value is -2.91. The second kappa shape index (κ2) is 8.85. The van der Waals surface area contributed by atoms with Crippen LogP contribution in [-0.4, -0.2) is 11.9 Å². The van der Waals surface area contributed by atoms with E-state index in [0.29, 0.717) is 0 Å². The van der Waals surface area contributed by atoms with E-state index in [9.17, 15) is 4.79 Å². The Morgan fingerprint density at radius 3 is 1.71 bits per heavy atom. The van der Waals surface area contributed by atoms with Crippen molar-refractivity contribution >= 4 is 11.6 Å². The fourth-order valence-electron chi connectivity index (χ4n) is 3.61. The van der Waals surface area contributed by atoms with Gasteiger partial charge < -0.3 is 5.32 Å². The van der Waals surface area contributed by atoms with E-state index in [1.165, 1.54) is 5.56 Å². The summed E-state index contributed by atoms with van der Waals surface area (Å²) in [6.45, 7) is 8.04. The molecule has 0 radical (unpaired) electrons. The lowest BCUT2D eigenvalue weighted by molar-refractivity contribution is -0.117. The Morgan fingerprint density at radius 1 is 0.786 bits per heavy atom.